The highest BCUT2D eigenvalue weighted by Crippen LogP contribution is 2.31. The third-order valence-corrected chi connectivity index (χ3v) is 7.32. The summed E-state index contributed by atoms with van der Waals surface area (Å²) in [6.45, 7) is 10.8. The van der Waals surface area contributed by atoms with E-state index in [0.29, 0.717) is 17.1 Å². The van der Waals surface area contributed by atoms with E-state index in [-0.39, 0.29) is 22.0 Å². The molecule has 0 spiro atoms. The van der Waals surface area contributed by atoms with Gasteiger partial charge >= 0.3 is 0 Å². The van der Waals surface area contributed by atoms with Crippen molar-refractivity contribution in [3.63, 3.8) is 0 Å². The molecule has 1 aliphatic heterocycles. The maximum absolute atomic E-state index is 13.0. The van der Waals surface area contributed by atoms with E-state index in [2.05, 4.69) is 48.0 Å². The Morgan fingerprint density at radius 2 is 1.59 bits per heavy atom. The summed E-state index contributed by atoms with van der Waals surface area (Å²) in [5, 5.41) is 7.26. The van der Waals surface area contributed by atoms with Crippen LogP contribution >= 0.6 is 0 Å². The summed E-state index contributed by atoms with van der Waals surface area (Å²) < 4.78 is 28.7. The van der Waals surface area contributed by atoms with Gasteiger partial charge in [-0.2, -0.15) is 0 Å². The Labute approximate surface area is 202 Å². The van der Waals surface area contributed by atoms with Crippen LogP contribution in [0.5, 0.6) is 0 Å². The van der Waals surface area contributed by atoms with Crippen molar-refractivity contribution < 1.29 is 8.42 Å². The van der Waals surface area contributed by atoms with Crippen molar-refractivity contribution >= 4 is 21.5 Å². The molecule has 0 saturated carbocycles. The molecule has 8 heteroatoms. The van der Waals surface area contributed by atoms with Gasteiger partial charge in [-0.15, -0.1) is 0 Å². The summed E-state index contributed by atoms with van der Waals surface area (Å²) in [4.78, 5) is 9.38. The van der Waals surface area contributed by atoms with Crippen LogP contribution in [0.25, 0.3) is 11.4 Å². The molecule has 3 aromatic rings. The monoisotopic (exact) mass is 479 g/mol. The molecule has 0 amide bonds. The Morgan fingerprint density at radius 1 is 0.941 bits per heavy atom. The van der Waals surface area contributed by atoms with Gasteiger partial charge in [-0.1, -0.05) is 29.8 Å². The van der Waals surface area contributed by atoms with E-state index in [0.717, 1.165) is 24.2 Å². The Bertz CT molecular complexity index is 1250. The molecule has 0 radical (unpaired) electrons. The highest BCUT2D eigenvalue weighted by Gasteiger charge is 2.37. The highest BCUT2D eigenvalue weighted by molar-refractivity contribution is 7.92. The molecular formula is C26H33N5O2S. The molecule has 1 saturated heterocycles. The molecule has 180 valence electrons. The first kappa shape index (κ1) is 24.2. The standard InChI is InChI=1S/C26H33N5O2S/c1-18-10-12-20(13-11-18)34(32,33)30-22-9-7-6-8-21(22)24-27-15-14-23(29-24)28-19-16-25(2,3)31-26(4,5)17-19/h6-15,19,30-31H,16-17H2,1-5H3,(H,27,28,29). The van der Waals surface area contributed by atoms with Crippen LogP contribution in [-0.2, 0) is 10.0 Å². The molecule has 7 nitrogen and oxygen atoms in total. The normalized spacial score (nSPS) is 17.8. The van der Waals surface area contributed by atoms with Crippen molar-refractivity contribution in [2.24, 2.45) is 0 Å². The Kier molecular flexibility index (Phi) is 6.40. The van der Waals surface area contributed by atoms with Crippen LogP contribution < -0.4 is 15.4 Å². The molecule has 2 heterocycles. The van der Waals surface area contributed by atoms with Crippen LogP contribution in [0, 0.1) is 6.92 Å². The molecule has 0 bridgehead atoms. The summed E-state index contributed by atoms with van der Waals surface area (Å²) in [6.07, 6.45) is 3.62. The fraction of sp³-hybridized carbons (Fsp3) is 0.385. The number of para-hydroxylation sites is 1. The summed E-state index contributed by atoms with van der Waals surface area (Å²) in [6, 6.07) is 16.1. The zero-order valence-corrected chi connectivity index (χ0v) is 21.2. The lowest BCUT2D eigenvalue weighted by Gasteiger charge is -2.46. The van der Waals surface area contributed by atoms with Gasteiger partial charge in [-0.3, -0.25) is 4.72 Å². The van der Waals surface area contributed by atoms with Crippen LogP contribution in [0.3, 0.4) is 0 Å². The minimum absolute atomic E-state index is 0.0101. The lowest BCUT2D eigenvalue weighted by molar-refractivity contribution is 0.170. The maximum Gasteiger partial charge on any atom is 0.261 e. The van der Waals surface area contributed by atoms with E-state index in [1.54, 1.807) is 42.6 Å². The number of aryl methyl sites for hydroxylation is 1. The summed E-state index contributed by atoms with van der Waals surface area (Å²) in [5.41, 5.74) is 2.07. The van der Waals surface area contributed by atoms with Gasteiger partial charge in [0.05, 0.1) is 10.6 Å². The van der Waals surface area contributed by atoms with Gasteiger partial charge in [0.15, 0.2) is 5.82 Å². The van der Waals surface area contributed by atoms with Crippen LogP contribution in [0.4, 0.5) is 11.5 Å². The molecule has 3 N–H and O–H groups in total. The van der Waals surface area contributed by atoms with Gasteiger partial charge < -0.3 is 10.6 Å². The number of nitrogens with zero attached hydrogens (tertiary/aromatic N) is 2. The average molecular weight is 480 g/mol. The molecule has 2 aromatic carbocycles. The largest absolute Gasteiger partial charge is 0.367 e. The predicted octanol–water partition coefficient (Wildman–Crippen LogP) is 4.97. The van der Waals surface area contributed by atoms with Gasteiger partial charge in [-0.25, -0.2) is 18.4 Å². The van der Waals surface area contributed by atoms with Crippen molar-refractivity contribution in [1.29, 1.82) is 0 Å². The number of hydrogen-bond acceptors (Lipinski definition) is 6. The topological polar surface area (TPSA) is 96.0 Å². The summed E-state index contributed by atoms with van der Waals surface area (Å²) in [5.74, 6) is 1.18. The van der Waals surface area contributed by atoms with Crippen LogP contribution in [0.1, 0.15) is 46.1 Å². The quantitative estimate of drug-likeness (QED) is 0.462. The highest BCUT2D eigenvalue weighted by atomic mass is 32.2. The predicted molar refractivity (Wildman–Crippen MR) is 137 cm³/mol. The maximum atomic E-state index is 13.0. The molecule has 34 heavy (non-hydrogen) atoms. The van der Waals surface area contributed by atoms with Gasteiger partial charge in [0.2, 0.25) is 0 Å². The second-order valence-corrected chi connectivity index (χ2v) is 12.1. The minimum Gasteiger partial charge on any atom is -0.367 e. The second-order valence-electron chi connectivity index (χ2n) is 10.4. The number of rotatable bonds is 6. The first-order valence-electron chi connectivity index (χ1n) is 11.5. The van der Waals surface area contributed by atoms with Gasteiger partial charge in [0.1, 0.15) is 5.82 Å². The number of hydrogen-bond donors (Lipinski definition) is 3. The number of benzene rings is 2. The average Bonchev–Trinajstić information content (AvgIpc) is 2.72. The molecular weight excluding hydrogens is 446 g/mol. The van der Waals surface area contributed by atoms with E-state index < -0.39 is 10.0 Å². The number of piperidine rings is 1. The zero-order valence-electron chi connectivity index (χ0n) is 20.4. The fourth-order valence-corrected chi connectivity index (χ4v) is 5.97. The first-order valence-corrected chi connectivity index (χ1v) is 13.0. The number of sulfonamides is 1. The van der Waals surface area contributed by atoms with Crippen molar-refractivity contribution in [2.75, 3.05) is 10.0 Å². The SMILES string of the molecule is Cc1ccc(S(=O)(=O)Nc2ccccc2-c2nccc(NC3CC(C)(C)NC(C)(C)C3)n2)cc1. The van der Waals surface area contributed by atoms with Gasteiger partial charge in [-0.05, 0) is 77.8 Å². The first-order chi connectivity index (χ1) is 15.9. The van der Waals surface area contributed by atoms with Crippen LogP contribution in [-0.4, -0.2) is 35.5 Å². The smallest absolute Gasteiger partial charge is 0.261 e. The van der Waals surface area contributed by atoms with Crippen molar-refractivity contribution in [1.82, 2.24) is 15.3 Å². The zero-order chi connectivity index (χ0) is 24.6. The minimum atomic E-state index is -3.75. The van der Waals surface area contributed by atoms with E-state index >= 15 is 0 Å². The lowest BCUT2D eigenvalue weighted by Crippen LogP contribution is -2.60. The van der Waals surface area contributed by atoms with E-state index in [9.17, 15) is 8.42 Å². The van der Waals surface area contributed by atoms with E-state index in [1.165, 1.54) is 0 Å². The molecule has 1 aliphatic rings. The number of aromatic nitrogens is 2. The molecule has 4 rings (SSSR count). The second kappa shape index (κ2) is 9.00. The van der Waals surface area contributed by atoms with Crippen molar-refractivity contribution in [3.8, 4) is 11.4 Å². The Balaban J connectivity index is 1.59. The molecule has 0 aliphatic carbocycles. The van der Waals surface area contributed by atoms with Gasteiger partial charge in [0, 0.05) is 28.9 Å². The summed E-state index contributed by atoms with van der Waals surface area (Å²) in [7, 11) is -3.75. The molecule has 0 atom stereocenters. The summed E-state index contributed by atoms with van der Waals surface area (Å²) >= 11 is 0. The number of nitrogens with one attached hydrogen (secondary N) is 3. The van der Waals surface area contributed by atoms with Crippen LogP contribution in [0.2, 0.25) is 0 Å². The van der Waals surface area contributed by atoms with Crippen molar-refractivity contribution in [3.05, 3.63) is 66.4 Å². The van der Waals surface area contributed by atoms with E-state index in [4.69, 9.17) is 4.98 Å². The third-order valence-electron chi connectivity index (χ3n) is 5.94. The number of anilines is 2. The molecule has 1 fully saturated rings. The molecule has 0 unspecified atom stereocenters. The van der Waals surface area contributed by atoms with Crippen LogP contribution in [0.15, 0.2) is 65.7 Å². The van der Waals surface area contributed by atoms with Crippen molar-refractivity contribution in [2.45, 2.75) is 69.5 Å². The van der Waals surface area contributed by atoms with Gasteiger partial charge in [0.25, 0.3) is 10.0 Å². The fourth-order valence-electron chi connectivity index (χ4n) is 4.89. The van der Waals surface area contributed by atoms with E-state index in [1.807, 2.05) is 25.1 Å². The Morgan fingerprint density at radius 3 is 2.26 bits per heavy atom. The Hall–Kier alpha value is -2.97. The molecule has 1 aromatic heterocycles. The lowest BCUT2D eigenvalue weighted by atomic mass is 9.79. The third kappa shape index (κ3) is 5.74.